The maximum Gasteiger partial charge on any atom is 0.313 e. The van der Waals surface area contributed by atoms with Crippen LogP contribution in [0.2, 0.25) is 0 Å². The van der Waals surface area contributed by atoms with Crippen LogP contribution in [0.25, 0.3) is 10.8 Å². The number of rotatable bonds is 3. The van der Waals surface area contributed by atoms with Gasteiger partial charge in [0.1, 0.15) is 0 Å². The summed E-state index contributed by atoms with van der Waals surface area (Å²) in [4.78, 5) is 11.9. The van der Waals surface area contributed by atoms with Crippen LogP contribution >= 0.6 is 0 Å². The number of esters is 1. The van der Waals surface area contributed by atoms with Crippen molar-refractivity contribution in [2.75, 3.05) is 7.11 Å². The van der Waals surface area contributed by atoms with Gasteiger partial charge in [-0.25, -0.2) is 0 Å². The summed E-state index contributed by atoms with van der Waals surface area (Å²) in [6, 6.07) is 14.0. The van der Waals surface area contributed by atoms with Gasteiger partial charge in [-0.2, -0.15) is 0 Å². The summed E-state index contributed by atoms with van der Waals surface area (Å²) < 4.78 is 4.89. The molecule has 2 N–H and O–H groups in total. The number of benzene rings is 2. The highest BCUT2D eigenvalue weighted by molar-refractivity contribution is 5.84. The second-order valence-electron chi connectivity index (χ2n) is 5.23. The number of hydrogen-bond donors (Lipinski definition) is 1. The molecule has 1 atom stereocenters. The fraction of sp³-hybridized carbons (Fsp3) is 0.312. The largest absolute Gasteiger partial charge is 0.469 e. The van der Waals surface area contributed by atoms with Gasteiger partial charge in [-0.15, -0.1) is 0 Å². The topological polar surface area (TPSA) is 52.3 Å². The van der Waals surface area contributed by atoms with Crippen LogP contribution in [0.1, 0.15) is 24.4 Å². The Morgan fingerprint density at radius 2 is 1.89 bits per heavy atom. The first-order chi connectivity index (χ1) is 9.17. The zero-order chi connectivity index (χ0) is 13.5. The van der Waals surface area contributed by atoms with E-state index < -0.39 is 5.41 Å². The molecular formula is C16H17NO2. The third-order valence-corrected chi connectivity index (χ3v) is 4.11. The molecule has 3 rings (SSSR count). The number of nitrogens with two attached hydrogens (primary N) is 1. The quantitative estimate of drug-likeness (QED) is 0.858. The molecule has 19 heavy (non-hydrogen) atoms. The van der Waals surface area contributed by atoms with E-state index in [0.717, 1.165) is 23.8 Å². The van der Waals surface area contributed by atoms with E-state index in [9.17, 15) is 4.79 Å². The Morgan fingerprint density at radius 3 is 2.53 bits per heavy atom. The summed E-state index contributed by atoms with van der Waals surface area (Å²) >= 11 is 0. The minimum Gasteiger partial charge on any atom is -0.469 e. The molecule has 3 heteroatoms. The average Bonchev–Trinajstić information content (AvgIpc) is 3.26. The van der Waals surface area contributed by atoms with Gasteiger partial charge in [0.15, 0.2) is 0 Å². The number of hydrogen-bond acceptors (Lipinski definition) is 3. The van der Waals surface area contributed by atoms with Crippen LogP contribution in [0.15, 0.2) is 42.5 Å². The number of carbonyl (C=O) groups excluding carboxylic acids is 1. The summed E-state index contributed by atoms with van der Waals surface area (Å²) in [6.45, 7) is 0. The molecule has 1 saturated carbocycles. The second kappa shape index (κ2) is 4.35. The van der Waals surface area contributed by atoms with E-state index in [2.05, 4.69) is 24.3 Å². The molecule has 3 nitrogen and oxygen atoms in total. The van der Waals surface area contributed by atoms with Gasteiger partial charge in [-0.3, -0.25) is 4.79 Å². The first-order valence-electron chi connectivity index (χ1n) is 6.50. The van der Waals surface area contributed by atoms with Crippen molar-refractivity contribution in [2.24, 2.45) is 11.1 Å². The summed E-state index contributed by atoms with van der Waals surface area (Å²) in [7, 11) is 1.43. The van der Waals surface area contributed by atoms with Gasteiger partial charge in [-0.05, 0) is 35.2 Å². The maximum atomic E-state index is 11.9. The van der Waals surface area contributed by atoms with Gasteiger partial charge in [0.25, 0.3) is 0 Å². The van der Waals surface area contributed by atoms with Crippen LogP contribution in [0.5, 0.6) is 0 Å². The van der Waals surface area contributed by atoms with E-state index in [1.54, 1.807) is 0 Å². The molecule has 0 radical (unpaired) electrons. The lowest BCUT2D eigenvalue weighted by molar-refractivity contribution is -0.148. The Kier molecular flexibility index (Phi) is 2.79. The molecule has 1 aliphatic rings. The van der Waals surface area contributed by atoms with Crippen molar-refractivity contribution in [3.05, 3.63) is 48.0 Å². The average molecular weight is 255 g/mol. The lowest BCUT2D eigenvalue weighted by atomic mass is 9.89. The van der Waals surface area contributed by atoms with Crippen molar-refractivity contribution in [2.45, 2.75) is 18.9 Å². The van der Waals surface area contributed by atoms with E-state index in [1.165, 1.54) is 12.5 Å². The summed E-state index contributed by atoms with van der Waals surface area (Å²) in [6.07, 6.45) is 1.63. The lowest BCUT2D eigenvalue weighted by Crippen LogP contribution is -2.31. The van der Waals surface area contributed by atoms with E-state index >= 15 is 0 Å². The van der Waals surface area contributed by atoms with Crippen LogP contribution in [0.4, 0.5) is 0 Å². The SMILES string of the molecule is COC(=O)C1(C(N)c2ccc3ccccc3c2)CC1. The zero-order valence-electron chi connectivity index (χ0n) is 10.9. The predicted molar refractivity (Wildman–Crippen MR) is 74.6 cm³/mol. The van der Waals surface area contributed by atoms with Crippen LogP contribution in [-0.4, -0.2) is 13.1 Å². The minimum atomic E-state index is -0.503. The monoisotopic (exact) mass is 255 g/mol. The normalized spacial score (nSPS) is 18.0. The number of methoxy groups -OCH3 is 1. The Balaban J connectivity index is 1.98. The molecule has 0 heterocycles. The molecule has 0 saturated heterocycles. The fourth-order valence-corrected chi connectivity index (χ4v) is 2.70. The highest BCUT2D eigenvalue weighted by atomic mass is 16.5. The van der Waals surface area contributed by atoms with E-state index in [1.807, 2.05) is 18.2 Å². The van der Waals surface area contributed by atoms with Gasteiger partial charge in [0.2, 0.25) is 0 Å². The smallest absolute Gasteiger partial charge is 0.313 e. The number of ether oxygens (including phenoxy) is 1. The van der Waals surface area contributed by atoms with Gasteiger partial charge in [-0.1, -0.05) is 36.4 Å². The standard InChI is InChI=1S/C16H17NO2/c1-19-15(18)16(8-9-16)14(17)13-7-6-11-4-2-3-5-12(11)10-13/h2-7,10,14H,8-9,17H2,1H3. The molecule has 0 spiro atoms. The number of carbonyl (C=O) groups is 1. The van der Waals surface area contributed by atoms with Crippen molar-refractivity contribution in [1.29, 1.82) is 0 Å². The highest BCUT2D eigenvalue weighted by Gasteiger charge is 2.56. The van der Waals surface area contributed by atoms with E-state index in [-0.39, 0.29) is 12.0 Å². The highest BCUT2D eigenvalue weighted by Crippen LogP contribution is 2.54. The van der Waals surface area contributed by atoms with Crippen molar-refractivity contribution in [3.8, 4) is 0 Å². The van der Waals surface area contributed by atoms with Crippen LogP contribution in [0, 0.1) is 5.41 Å². The van der Waals surface area contributed by atoms with Gasteiger partial charge in [0, 0.05) is 6.04 Å². The first kappa shape index (κ1) is 12.2. The molecule has 0 aliphatic heterocycles. The molecule has 2 aromatic carbocycles. The van der Waals surface area contributed by atoms with Crippen molar-refractivity contribution >= 4 is 16.7 Å². The maximum absolute atomic E-state index is 11.9. The van der Waals surface area contributed by atoms with Crippen molar-refractivity contribution < 1.29 is 9.53 Å². The molecule has 1 aliphatic carbocycles. The Hall–Kier alpha value is -1.87. The lowest BCUT2D eigenvalue weighted by Gasteiger charge is -2.21. The van der Waals surface area contributed by atoms with Crippen molar-refractivity contribution in [1.82, 2.24) is 0 Å². The summed E-state index contributed by atoms with van der Waals surface area (Å²) in [5.74, 6) is -0.187. The summed E-state index contributed by atoms with van der Waals surface area (Å²) in [5.41, 5.74) is 6.80. The molecule has 0 aromatic heterocycles. The molecular weight excluding hydrogens is 238 g/mol. The second-order valence-corrected chi connectivity index (χ2v) is 5.23. The van der Waals surface area contributed by atoms with Crippen LogP contribution in [-0.2, 0) is 9.53 Å². The van der Waals surface area contributed by atoms with E-state index in [4.69, 9.17) is 10.5 Å². The van der Waals surface area contributed by atoms with Gasteiger partial charge < -0.3 is 10.5 Å². The Labute approximate surface area is 112 Å². The first-order valence-corrected chi connectivity index (χ1v) is 6.50. The van der Waals surface area contributed by atoms with Gasteiger partial charge in [0.05, 0.1) is 12.5 Å². The Morgan fingerprint density at radius 1 is 1.21 bits per heavy atom. The molecule has 0 bridgehead atoms. The predicted octanol–water partition coefficient (Wildman–Crippen LogP) is 2.79. The third-order valence-electron chi connectivity index (χ3n) is 4.11. The fourth-order valence-electron chi connectivity index (χ4n) is 2.70. The molecule has 2 aromatic rings. The molecule has 98 valence electrons. The molecule has 0 amide bonds. The van der Waals surface area contributed by atoms with Gasteiger partial charge >= 0.3 is 5.97 Å². The van der Waals surface area contributed by atoms with Crippen LogP contribution < -0.4 is 5.73 Å². The molecule has 1 unspecified atom stereocenters. The number of fused-ring (bicyclic) bond motifs is 1. The van der Waals surface area contributed by atoms with Crippen molar-refractivity contribution in [3.63, 3.8) is 0 Å². The molecule has 1 fully saturated rings. The summed E-state index contributed by atoms with van der Waals surface area (Å²) in [5, 5.41) is 2.33. The minimum absolute atomic E-state index is 0.187. The van der Waals surface area contributed by atoms with Crippen LogP contribution in [0.3, 0.4) is 0 Å². The van der Waals surface area contributed by atoms with E-state index in [0.29, 0.717) is 0 Å². The Bertz CT molecular complexity index is 631. The third kappa shape index (κ3) is 1.90. The zero-order valence-corrected chi connectivity index (χ0v) is 10.9.